The number of carbonyl (C=O) groups excluding carboxylic acids is 1. The third kappa shape index (κ3) is 3.49. The highest BCUT2D eigenvalue weighted by Crippen LogP contribution is 2.31. The van der Waals surface area contributed by atoms with E-state index in [9.17, 15) is 4.79 Å². The number of carbonyl (C=O) groups is 1. The minimum Gasteiger partial charge on any atom is -0.312 e. The molecule has 3 rings (SSSR count). The van der Waals surface area contributed by atoms with Gasteiger partial charge in [-0.3, -0.25) is 4.79 Å². The minimum atomic E-state index is -0.157. The van der Waals surface area contributed by atoms with Gasteiger partial charge in [0.05, 0.1) is 12.7 Å². The third-order valence-corrected chi connectivity index (χ3v) is 4.49. The maximum atomic E-state index is 12.0. The molecular formula is C13H12N6OS2. The molecule has 22 heavy (non-hydrogen) atoms. The fraction of sp³-hybridized carbons (Fsp3) is 0.154. The van der Waals surface area contributed by atoms with Gasteiger partial charge in [-0.1, -0.05) is 29.5 Å². The number of rotatable bonds is 5. The van der Waals surface area contributed by atoms with Crippen LogP contribution < -0.4 is 5.32 Å². The molecule has 112 valence electrons. The standard InChI is InChI=1S/C13H12N6OS2/c1-2-19-17-12(16-18-19)22-13-14-8-10(21-13)15-11(20)9-6-4-3-5-7-9/h3-8H,2H2,1H3,(H,15,20). The van der Waals surface area contributed by atoms with E-state index in [-0.39, 0.29) is 5.91 Å². The van der Waals surface area contributed by atoms with Gasteiger partial charge in [-0.15, -0.1) is 10.2 Å². The fourth-order valence-corrected chi connectivity index (χ4v) is 3.29. The maximum Gasteiger partial charge on any atom is 0.256 e. The first-order chi connectivity index (χ1) is 10.7. The molecule has 9 heteroatoms. The quantitative estimate of drug-likeness (QED) is 0.773. The van der Waals surface area contributed by atoms with Crippen molar-refractivity contribution in [1.82, 2.24) is 25.2 Å². The number of hydrogen-bond acceptors (Lipinski definition) is 7. The van der Waals surface area contributed by atoms with E-state index < -0.39 is 0 Å². The van der Waals surface area contributed by atoms with Crippen molar-refractivity contribution in [2.24, 2.45) is 0 Å². The monoisotopic (exact) mass is 332 g/mol. The van der Waals surface area contributed by atoms with Gasteiger partial charge in [0.1, 0.15) is 5.00 Å². The van der Waals surface area contributed by atoms with Crippen LogP contribution in [-0.4, -0.2) is 31.1 Å². The van der Waals surface area contributed by atoms with Crippen molar-refractivity contribution in [3.8, 4) is 0 Å². The van der Waals surface area contributed by atoms with Crippen molar-refractivity contribution < 1.29 is 4.79 Å². The maximum absolute atomic E-state index is 12.0. The number of aromatic nitrogens is 5. The molecule has 0 radical (unpaired) electrons. The summed E-state index contributed by atoms with van der Waals surface area (Å²) in [5.74, 6) is -0.157. The topological polar surface area (TPSA) is 85.6 Å². The van der Waals surface area contributed by atoms with Gasteiger partial charge in [-0.2, -0.15) is 4.80 Å². The number of anilines is 1. The molecule has 1 amide bonds. The van der Waals surface area contributed by atoms with Crippen LogP contribution in [0.5, 0.6) is 0 Å². The number of amides is 1. The number of aryl methyl sites for hydroxylation is 1. The molecule has 2 aromatic heterocycles. The Kier molecular flexibility index (Phi) is 4.45. The van der Waals surface area contributed by atoms with Crippen LogP contribution in [0.15, 0.2) is 46.0 Å². The molecule has 0 bridgehead atoms. The first-order valence-corrected chi connectivity index (χ1v) is 8.16. The molecule has 1 aromatic carbocycles. The van der Waals surface area contributed by atoms with Crippen molar-refractivity contribution in [2.75, 3.05) is 5.32 Å². The molecule has 0 saturated heterocycles. The van der Waals surface area contributed by atoms with Crippen LogP contribution in [0.3, 0.4) is 0 Å². The van der Waals surface area contributed by atoms with E-state index in [1.165, 1.54) is 27.9 Å². The number of hydrogen-bond donors (Lipinski definition) is 1. The Balaban J connectivity index is 1.65. The molecule has 0 spiro atoms. The van der Waals surface area contributed by atoms with Gasteiger partial charge in [-0.25, -0.2) is 4.98 Å². The Morgan fingerprint density at radius 3 is 2.91 bits per heavy atom. The number of benzene rings is 1. The zero-order valence-electron chi connectivity index (χ0n) is 11.6. The van der Waals surface area contributed by atoms with Crippen molar-refractivity contribution in [3.05, 3.63) is 42.1 Å². The van der Waals surface area contributed by atoms with E-state index >= 15 is 0 Å². The summed E-state index contributed by atoms with van der Waals surface area (Å²) >= 11 is 2.69. The van der Waals surface area contributed by atoms with Crippen LogP contribution in [0, 0.1) is 0 Å². The Morgan fingerprint density at radius 1 is 1.36 bits per heavy atom. The molecule has 0 aliphatic heterocycles. The van der Waals surface area contributed by atoms with E-state index in [1.54, 1.807) is 18.3 Å². The summed E-state index contributed by atoms with van der Waals surface area (Å²) in [5, 5.41) is 16.0. The number of nitrogens with one attached hydrogen (secondary N) is 1. The van der Waals surface area contributed by atoms with Gasteiger partial charge in [-0.05, 0) is 36.0 Å². The third-order valence-electron chi connectivity index (χ3n) is 2.65. The normalized spacial score (nSPS) is 10.6. The highest BCUT2D eigenvalue weighted by Gasteiger charge is 2.11. The van der Waals surface area contributed by atoms with Crippen LogP contribution in [0.1, 0.15) is 17.3 Å². The van der Waals surface area contributed by atoms with E-state index in [4.69, 9.17) is 0 Å². The van der Waals surface area contributed by atoms with Gasteiger partial charge >= 0.3 is 0 Å². The van der Waals surface area contributed by atoms with Crippen LogP contribution >= 0.6 is 23.1 Å². The zero-order valence-corrected chi connectivity index (χ0v) is 13.3. The predicted octanol–water partition coefficient (Wildman–Crippen LogP) is 2.55. The zero-order chi connectivity index (χ0) is 15.4. The Labute approximate surface area is 134 Å². The lowest BCUT2D eigenvalue weighted by Gasteiger charge is -2.00. The minimum absolute atomic E-state index is 0.157. The fourth-order valence-electron chi connectivity index (χ4n) is 1.62. The summed E-state index contributed by atoms with van der Waals surface area (Å²) in [5.41, 5.74) is 0.609. The molecule has 0 aliphatic carbocycles. The van der Waals surface area contributed by atoms with Crippen molar-refractivity contribution in [2.45, 2.75) is 23.0 Å². The SMILES string of the molecule is CCn1nnc(Sc2ncc(NC(=O)c3ccccc3)s2)n1. The van der Waals surface area contributed by atoms with Gasteiger partial charge in [0.15, 0.2) is 4.34 Å². The summed E-state index contributed by atoms with van der Waals surface area (Å²) in [7, 11) is 0. The molecule has 0 saturated carbocycles. The smallest absolute Gasteiger partial charge is 0.256 e. The van der Waals surface area contributed by atoms with Crippen LogP contribution in [-0.2, 0) is 6.54 Å². The van der Waals surface area contributed by atoms with E-state index in [2.05, 4.69) is 25.7 Å². The van der Waals surface area contributed by atoms with Crippen LogP contribution in [0.2, 0.25) is 0 Å². The highest BCUT2D eigenvalue weighted by atomic mass is 32.2. The first-order valence-electron chi connectivity index (χ1n) is 6.52. The average molecular weight is 332 g/mol. The molecule has 0 atom stereocenters. The second-order valence-corrected chi connectivity index (χ2v) is 6.42. The summed E-state index contributed by atoms with van der Waals surface area (Å²) in [6.07, 6.45) is 1.62. The lowest BCUT2D eigenvalue weighted by molar-refractivity contribution is 0.102. The second-order valence-electron chi connectivity index (χ2n) is 4.17. The Bertz CT molecular complexity index is 770. The summed E-state index contributed by atoms with van der Waals surface area (Å²) in [6.45, 7) is 2.61. The second kappa shape index (κ2) is 6.67. The van der Waals surface area contributed by atoms with Gasteiger partial charge in [0.25, 0.3) is 5.91 Å². The van der Waals surface area contributed by atoms with Crippen molar-refractivity contribution in [3.63, 3.8) is 0 Å². The van der Waals surface area contributed by atoms with Crippen LogP contribution in [0.4, 0.5) is 5.00 Å². The largest absolute Gasteiger partial charge is 0.312 e. The molecule has 0 fully saturated rings. The Hall–Kier alpha value is -2.26. The number of tetrazole rings is 1. The molecule has 0 aliphatic rings. The number of nitrogens with zero attached hydrogens (tertiary/aromatic N) is 5. The van der Waals surface area contributed by atoms with E-state index in [0.717, 1.165) is 4.34 Å². The highest BCUT2D eigenvalue weighted by molar-refractivity contribution is 8.00. The lowest BCUT2D eigenvalue weighted by Crippen LogP contribution is -2.10. The number of thiazole rings is 1. The first kappa shape index (κ1) is 14.7. The summed E-state index contributed by atoms with van der Waals surface area (Å²) in [4.78, 5) is 17.8. The molecule has 1 N–H and O–H groups in total. The van der Waals surface area contributed by atoms with Crippen LogP contribution in [0.25, 0.3) is 0 Å². The van der Waals surface area contributed by atoms with Gasteiger partial charge < -0.3 is 5.32 Å². The molecule has 0 unspecified atom stereocenters. The summed E-state index contributed by atoms with van der Waals surface area (Å²) < 4.78 is 0.749. The van der Waals surface area contributed by atoms with E-state index in [0.29, 0.717) is 22.3 Å². The lowest BCUT2D eigenvalue weighted by atomic mass is 10.2. The van der Waals surface area contributed by atoms with Crippen molar-refractivity contribution >= 4 is 34.0 Å². The van der Waals surface area contributed by atoms with Crippen molar-refractivity contribution in [1.29, 1.82) is 0 Å². The molecular weight excluding hydrogens is 320 g/mol. The molecule has 2 heterocycles. The van der Waals surface area contributed by atoms with E-state index in [1.807, 2.05) is 25.1 Å². The van der Waals surface area contributed by atoms with Gasteiger partial charge in [0, 0.05) is 5.56 Å². The average Bonchev–Trinajstić information content (AvgIpc) is 3.18. The van der Waals surface area contributed by atoms with Gasteiger partial charge in [0.2, 0.25) is 5.16 Å². The molecule has 3 aromatic rings. The Morgan fingerprint density at radius 2 is 2.18 bits per heavy atom. The summed E-state index contributed by atoms with van der Waals surface area (Å²) in [6, 6.07) is 9.05. The molecule has 7 nitrogen and oxygen atoms in total. The predicted molar refractivity (Wildman–Crippen MR) is 84.1 cm³/mol.